The Morgan fingerprint density at radius 2 is 1.08 bits per heavy atom. The molecule has 48 heavy (non-hydrogen) atoms. The van der Waals surface area contributed by atoms with Crippen LogP contribution < -0.4 is 5.32 Å². The highest BCUT2D eigenvalue weighted by Gasteiger charge is 2.21. The Balaban J connectivity index is 1.14. The van der Waals surface area contributed by atoms with E-state index in [1.165, 1.54) is 26.9 Å². The molecule has 0 radical (unpaired) electrons. The van der Waals surface area contributed by atoms with Gasteiger partial charge in [-0.15, -0.1) is 0 Å². The molecule has 1 unspecified atom stereocenters. The fourth-order valence-electron chi connectivity index (χ4n) is 6.92. The van der Waals surface area contributed by atoms with E-state index < -0.39 is 0 Å². The van der Waals surface area contributed by atoms with Crippen LogP contribution in [0.4, 0.5) is 0 Å². The van der Waals surface area contributed by atoms with Crippen LogP contribution >= 0.6 is 0 Å². The van der Waals surface area contributed by atoms with Crippen molar-refractivity contribution in [3.63, 3.8) is 0 Å². The van der Waals surface area contributed by atoms with Crippen molar-refractivity contribution in [3.05, 3.63) is 193 Å². The number of aliphatic imine (C=N–C) groups is 1. The summed E-state index contributed by atoms with van der Waals surface area (Å²) >= 11 is 0. The summed E-state index contributed by atoms with van der Waals surface area (Å²) in [7, 11) is 0. The number of pyridine rings is 1. The highest BCUT2D eigenvalue weighted by atomic mass is 15.1. The summed E-state index contributed by atoms with van der Waals surface area (Å²) in [5.74, 6) is 0. The zero-order valence-electron chi connectivity index (χ0n) is 26.2. The second-order valence-corrected chi connectivity index (χ2v) is 12.3. The van der Waals surface area contributed by atoms with Crippen molar-refractivity contribution in [2.24, 2.45) is 4.99 Å². The zero-order valence-corrected chi connectivity index (χ0v) is 26.2. The minimum Gasteiger partial charge on any atom is -0.359 e. The van der Waals surface area contributed by atoms with Crippen molar-refractivity contribution in [2.45, 2.75) is 6.17 Å². The van der Waals surface area contributed by atoms with Gasteiger partial charge >= 0.3 is 0 Å². The number of fused-ring (bicyclic) bond motifs is 3. The van der Waals surface area contributed by atoms with E-state index in [4.69, 9.17) is 4.99 Å². The molecule has 1 atom stereocenters. The average molecular weight is 614 g/mol. The van der Waals surface area contributed by atoms with Gasteiger partial charge in [0.15, 0.2) is 0 Å². The van der Waals surface area contributed by atoms with E-state index in [9.17, 15) is 0 Å². The van der Waals surface area contributed by atoms with Gasteiger partial charge in [0.25, 0.3) is 0 Å². The predicted molar refractivity (Wildman–Crippen MR) is 201 cm³/mol. The van der Waals surface area contributed by atoms with Gasteiger partial charge in [-0.05, 0) is 73.5 Å². The minimum atomic E-state index is -0.247. The van der Waals surface area contributed by atoms with E-state index in [1.54, 1.807) is 0 Å². The molecule has 0 amide bonds. The van der Waals surface area contributed by atoms with Gasteiger partial charge in [0.2, 0.25) is 0 Å². The largest absolute Gasteiger partial charge is 0.359 e. The molecular weight excluding hydrogens is 583 g/mol. The van der Waals surface area contributed by atoms with Crippen LogP contribution in [0.3, 0.4) is 0 Å². The van der Waals surface area contributed by atoms with Gasteiger partial charge in [-0.25, -0.2) is 0 Å². The first-order valence-electron chi connectivity index (χ1n) is 16.3. The van der Waals surface area contributed by atoms with Gasteiger partial charge in [-0.1, -0.05) is 140 Å². The first-order valence-corrected chi connectivity index (χ1v) is 16.3. The number of hydrogen-bond donors (Lipinski definition) is 1. The van der Waals surface area contributed by atoms with Gasteiger partial charge in [0.05, 0.1) is 5.71 Å². The number of allylic oxidation sites excluding steroid dienone is 1. The molecule has 1 N–H and O–H groups in total. The Kier molecular flexibility index (Phi) is 6.87. The quantitative estimate of drug-likeness (QED) is 0.210. The van der Waals surface area contributed by atoms with Crippen molar-refractivity contribution < 1.29 is 0 Å². The third-order valence-electron chi connectivity index (χ3n) is 9.35. The van der Waals surface area contributed by atoms with Gasteiger partial charge in [-0.3, -0.25) is 9.98 Å². The molecule has 3 heteroatoms. The SMILES string of the molecule is C1=C(c2cccc(-c3cccc(-c4cncc5ccccc45)c3)c2)NC(c2cccc3ccccc23)N=C1c1ccc2ccccc2c1. The van der Waals surface area contributed by atoms with E-state index in [-0.39, 0.29) is 6.17 Å². The molecule has 1 aliphatic heterocycles. The summed E-state index contributed by atoms with van der Waals surface area (Å²) in [5.41, 5.74) is 9.98. The number of hydrogen-bond acceptors (Lipinski definition) is 3. The maximum atomic E-state index is 5.33. The normalized spacial score (nSPS) is 14.5. The van der Waals surface area contributed by atoms with Gasteiger partial charge in [-0.2, -0.15) is 0 Å². The summed E-state index contributed by atoms with van der Waals surface area (Å²) in [4.78, 5) is 9.87. The summed E-state index contributed by atoms with van der Waals surface area (Å²) in [6.07, 6.45) is 5.85. The summed E-state index contributed by atoms with van der Waals surface area (Å²) in [6, 6.07) is 56.1. The average Bonchev–Trinajstić information content (AvgIpc) is 3.17. The van der Waals surface area contributed by atoms with Crippen LogP contribution in [0.2, 0.25) is 0 Å². The Morgan fingerprint density at radius 1 is 0.438 bits per heavy atom. The highest BCUT2D eigenvalue weighted by molar-refractivity contribution is 6.14. The molecule has 7 aromatic carbocycles. The Morgan fingerprint density at radius 3 is 1.94 bits per heavy atom. The molecule has 3 nitrogen and oxygen atoms in total. The van der Waals surface area contributed by atoms with E-state index >= 15 is 0 Å². The molecule has 0 saturated heterocycles. The Labute approximate surface area is 279 Å². The topological polar surface area (TPSA) is 37.3 Å². The highest BCUT2D eigenvalue weighted by Crippen LogP contribution is 2.34. The number of nitrogens with one attached hydrogen (secondary N) is 1. The lowest BCUT2D eigenvalue weighted by Crippen LogP contribution is -2.25. The first kappa shape index (κ1) is 27.9. The van der Waals surface area contributed by atoms with Crippen LogP contribution in [-0.4, -0.2) is 10.7 Å². The van der Waals surface area contributed by atoms with Crippen molar-refractivity contribution in [2.75, 3.05) is 0 Å². The predicted octanol–water partition coefficient (Wildman–Crippen LogP) is 11.0. The molecule has 1 aromatic heterocycles. The number of benzene rings is 7. The van der Waals surface area contributed by atoms with E-state index in [1.807, 2.05) is 12.4 Å². The van der Waals surface area contributed by atoms with E-state index in [2.05, 4.69) is 174 Å². The Bertz CT molecular complexity index is 2550. The third kappa shape index (κ3) is 5.12. The molecule has 0 aliphatic carbocycles. The second kappa shape index (κ2) is 11.8. The maximum Gasteiger partial charge on any atom is 0.146 e. The fraction of sp³-hybridized carbons (Fsp3) is 0.0222. The number of aromatic nitrogens is 1. The van der Waals surface area contributed by atoms with Crippen molar-refractivity contribution in [1.82, 2.24) is 10.3 Å². The standard InChI is InChI=1S/C45H31N3/c1-2-12-32-25-37(23-22-30(32)10-1)44-27-43(47-45(48-44)41-21-9-14-31-11-3-5-19-39(31)41)36-18-8-16-34(26-36)33-15-7-17-35(24-33)42-29-46-28-38-13-4-6-20-40(38)42/h1-29,45,47H. The molecule has 9 rings (SSSR count). The summed E-state index contributed by atoms with van der Waals surface area (Å²) in [6.45, 7) is 0. The zero-order chi connectivity index (χ0) is 31.9. The lowest BCUT2D eigenvalue weighted by molar-refractivity contribution is 0.669. The molecule has 226 valence electrons. The third-order valence-corrected chi connectivity index (χ3v) is 9.35. The summed E-state index contributed by atoms with van der Waals surface area (Å²) in [5, 5.41) is 11.0. The summed E-state index contributed by atoms with van der Waals surface area (Å²) < 4.78 is 0. The molecule has 0 saturated carbocycles. The first-order chi connectivity index (χ1) is 23.8. The molecule has 0 spiro atoms. The molecule has 0 bridgehead atoms. The van der Waals surface area contributed by atoms with Crippen LogP contribution in [0.15, 0.2) is 181 Å². The smallest absolute Gasteiger partial charge is 0.146 e. The van der Waals surface area contributed by atoms with Gasteiger partial charge < -0.3 is 5.32 Å². The number of nitrogens with zero attached hydrogens (tertiary/aromatic N) is 2. The molecule has 1 aliphatic rings. The second-order valence-electron chi connectivity index (χ2n) is 12.3. The van der Waals surface area contributed by atoms with Crippen LogP contribution in [-0.2, 0) is 0 Å². The maximum absolute atomic E-state index is 5.33. The van der Waals surface area contributed by atoms with Gasteiger partial charge in [0.1, 0.15) is 6.17 Å². The Hall–Kier alpha value is -6.32. The monoisotopic (exact) mass is 613 g/mol. The molecule has 8 aromatic rings. The van der Waals surface area contributed by atoms with E-state index in [0.717, 1.165) is 55.7 Å². The lowest BCUT2D eigenvalue weighted by atomic mass is 9.94. The van der Waals surface area contributed by atoms with Crippen molar-refractivity contribution in [1.29, 1.82) is 0 Å². The van der Waals surface area contributed by atoms with Crippen LogP contribution in [0, 0.1) is 0 Å². The van der Waals surface area contributed by atoms with E-state index in [0.29, 0.717) is 0 Å². The van der Waals surface area contributed by atoms with Gasteiger partial charge in [0, 0.05) is 40.2 Å². The number of rotatable bonds is 5. The minimum absolute atomic E-state index is 0.247. The molecule has 2 heterocycles. The van der Waals surface area contributed by atoms with Crippen LogP contribution in [0.25, 0.3) is 60.3 Å². The van der Waals surface area contributed by atoms with Crippen LogP contribution in [0.1, 0.15) is 22.9 Å². The van der Waals surface area contributed by atoms with Crippen molar-refractivity contribution >= 4 is 43.7 Å². The van der Waals surface area contributed by atoms with Crippen LogP contribution in [0.5, 0.6) is 0 Å². The fourth-order valence-corrected chi connectivity index (χ4v) is 6.92. The lowest BCUT2D eigenvalue weighted by Gasteiger charge is -2.26. The molecular formula is C45H31N3. The van der Waals surface area contributed by atoms with Crippen molar-refractivity contribution in [3.8, 4) is 22.3 Å². The molecule has 0 fully saturated rings.